The quantitative estimate of drug-likeness (QED) is 0.106. The van der Waals surface area contributed by atoms with Crippen LogP contribution in [-0.4, -0.2) is 77.8 Å². The van der Waals surface area contributed by atoms with Crippen LogP contribution in [0.1, 0.15) is 62.5 Å². The highest BCUT2D eigenvalue weighted by atomic mass is 32.1. The number of ether oxygens (including phenoxy) is 2. The molecule has 0 aliphatic heterocycles. The Hall–Kier alpha value is -5.28. The molecule has 0 spiro atoms. The van der Waals surface area contributed by atoms with Gasteiger partial charge in [-0.1, -0.05) is 60.5 Å². The predicted octanol–water partition coefficient (Wildman–Crippen LogP) is 8.84. The minimum atomic E-state index is -0.280. The van der Waals surface area contributed by atoms with Crippen LogP contribution < -0.4 is 20.1 Å². The molecule has 8 aromatic rings. The molecular weight excluding hydrogens is 769 g/mol. The topological polar surface area (TPSA) is 144 Å². The predicted molar refractivity (Wildman–Crippen MR) is 234 cm³/mol. The van der Waals surface area contributed by atoms with Crippen molar-refractivity contribution < 1.29 is 19.7 Å². The molecule has 12 nitrogen and oxygen atoms in total. The highest BCUT2D eigenvalue weighted by Crippen LogP contribution is 2.32. The van der Waals surface area contributed by atoms with E-state index < -0.39 is 0 Å². The lowest BCUT2D eigenvalue weighted by atomic mass is 9.93. The standard InChI is InChI=1S/2C22H24N4O2S/c1-28-15-7-9-16-19(11-15)26(13-23-16)12-14-6-8-18-21(10-14)29-22(25-18)24-17-4-2-3-5-20(17)27;1-28-15-7-9-19-18(11-15)23-13-26(19)12-14-6-8-17-21(10-14)29-22(25-17)24-16-4-2-3-5-20(16)27/h6-11,13,17,20,27H,2-5,12H2,1H3,(H,24,25);6-11,13,16,20,27H,2-5,12H2,1H3,(H,24,25)/t17-,20-;16-,20-/m11/s1. The van der Waals surface area contributed by atoms with Crippen LogP contribution in [0.25, 0.3) is 42.5 Å². The van der Waals surface area contributed by atoms with Gasteiger partial charge < -0.3 is 39.5 Å². The van der Waals surface area contributed by atoms with E-state index in [9.17, 15) is 10.2 Å². The van der Waals surface area contributed by atoms with Crippen molar-refractivity contribution in [1.29, 1.82) is 0 Å². The molecular formula is C44H48N8O4S2. The maximum Gasteiger partial charge on any atom is 0.184 e. The number of rotatable bonds is 10. The summed E-state index contributed by atoms with van der Waals surface area (Å²) in [7, 11) is 3.35. The number of aliphatic hydroxyl groups is 2. The van der Waals surface area contributed by atoms with Crippen molar-refractivity contribution in [2.45, 2.75) is 88.7 Å². The normalized spacial score (nSPS) is 19.7. The molecule has 0 saturated heterocycles. The van der Waals surface area contributed by atoms with E-state index in [0.717, 1.165) is 129 Å². The first-order chi connectivity index (χ1) is 28.4. The first-order valence-electron chi connectivity index (χ1n) is 20.0. The maximum absolute atomic E-state index is 10.2. The maximum atomic E-state index is 10.2. The molecule has 2 aliphatic rings. The number of aromatic nitrogens is 6. The SMILES string of the molecule is COc1ccc2c(c1)ncn2Cc1ccc2nc(N[C@@H]3CCCC[C@H]3O)sc2c1.COc1ccc2ncn(Cc3ccc4nc(N[C@@H]5CCCC[C@H]5O)sc4c3)c2c1. The van der Waals surface area contributed by atoms with Gasteiger partial charge in [-0.15, -0.1) is 0 Å². The zero-order valence-corrected chi connectivity index (χ0v) is 34.3. The van der Waals surface area contributed by atoms with Gasteiger partial charge in [-0.25, -0.2) is 19.9 Å². The molecule has 4 heterocycles. The highest BCUT2D eigenvalue weighted by Gasteiger charge is 2.25. The molecule has 2 saturated carbocycles. The first kappa shape index (κ1) is 38.2. The second kappa shape index (κ2) is 16.9. The third-order valence-corrected chi connectivity index (χ3v) is 13.2. The summed E-state index contributed by atoms with van der Waals surface area (Å²) in [6, 6.07) is 24.9. The molecule has 0 unspecified atom stereocenters. The number of hydrogen-bond acceptors (Lipinski definition) is 12. The number of nitrogens with zero attached hydrogens (tertiary/aromatic N) is 6. The summed E-state index contributed by atoms with van der Waals surface area (Å²) in [4.78, 5) is 18.4. The van der Waals surface area contributed by atoms with Gasteiger partial charge in [0, 0.05) is 25.2 Å². The van der Waals surface area contributed by atoms with Crippen LogP contribution >= 0.6 is 22.7 Å². The van der Waals surface area contributed by atoms with Gasteiger partial charge in [-0.2, -0.15) is 0 Å². The van der Waals surface area contributed by atoms with Crippen molar-refractivity contribution in [3.8, 4) is 11.5 Å². The molecule has 0 amide bonds. The zero-order valence-electron chi connectivity index (χ0n) is 32.7. The van der Waals surface area contributed by atoms with Crippen molar-refractivity contribution in [2.24, 2.45) is 0 Å². The van der Waals surface area contributed by atoms with Crippen molar-refractivity contribution in [3.05, 3.63) is 96.6 Å². The molecule has 0 bridgehead atoms. The lowest BCUT2D eigenvalue weighted by Crippen LogP contribution is -2.36. The molecule has 0 radical (unpaired) electrons. The van der Waals surface area contributed by atoms with Crippen molar-refractivity contribution in [1.82, 2.24) is 29.1 Å². The molecule has 4 aromatic carbocycles. The number of aliphatic hydroxyl groups excluding tert-OH is 2. The molecule has 4 aromatic heterocycles. The van der Waals surface area contributed by atoms with Crippen LogP contribution in [0.2, 0.25) is 0 Å². The zero-order chi connectivity index (χ0) is 39.6. The van der Waals surface area contributed by atoms with Crippen LogP contribution in [0, 0.1) is 0 Å². The third kappa shape index (κ3) is 8.33. The summed E-state index contributed by atoms with van der Waals surface area (Å²) in [5, 5.41) is 29.1. The fraction of sp³-hybridized carbons (Fsp3) is 0.364. The summed E-state index contributed by atoms with van der Waals surface area (Å²) in [6.07, 6.45) is 11.5. The van der Waals surface area contributed by atoms with Crippen molar-refractivity contribution >= 4 is 75.4 Å². The molecule has 10 rings (SSSR count). The fourth-order valence-corrected chi connectivity index (χ4v) is 10.1. The van der Waals surface area contributed by atoms with Gasteiger partial charge in [0.2, 0.25) is 0 Å². The van der Waals surface area contributed by atoms with Gasteiger partial charge in [-0.3, -0.25) is 0 Å². The number of imidazole rings is 2. The van der Waals surface area contributed by atoms with Crippen LogP contribution in [-0.2, 0) is 13.1 Å². The Morgan fingerprint density at radius 1 is 0.586 bits per heavy atom. The Morgan fingerprint density at radius 2 is 1.09 bits per heavy atom. The number of anilines is 2. The van der Waals surface area contributed by atoms with E-state index in [2.05, 4.69) is 66.1 Å². The van der Waals surface area contributed by atoms with Gasteiger partial charge in [0.15, 0.2) is 10.3 Å². The smallest absolute Gasteiger partial charge is 0.184 e. The van der Waals surface area contributed by atoms with E-state index in [4.69, 9.17) is 19.4 Å². The third-order valence-electron chi connectivity index (χ3n) is 11.3. The summed E-state index contributed by atoms with van der Waals surface area (Å²) in [6.45, 7) is 1.49. The number of benzene rings is 4. The van der Waals surface area contributed by atoms with Gasteiger partial charge >= 0.3 is 0 Å². The minimum absolute atomic E-state index is 0.107. The van der Waals surface area contributed by atoms with Crippen molar-refractivity contribution in [3.63, 3.8) is 0 Å². The van der Waals surface area contributed by atoms with Crippen LogP contribution in [0.15, 0.2) is 85.5 Å². The Labute approximate surface area is 344 Å². The Kier molecular flexibility index (Phi) is 11.1. The Morgan fingerprint density at radius 3 is 1.66 bits per heavy atom. The van der Waals surface area contributed by atoms with E-state index >= 15 is 0 Å². The van der Waals surface area contributed by atoms with Gasteiger partial charge in [-0.05, 0) is 85.3 Å². The molecule has 58 heavy (non-hydrogen) atoms. The van der Waals surface area contributed by atoms with E-state index in [-0.39, 0.29) is 24.3 Å². The van der Waals surface area contributed by atoms with Gasteiger partial charge in [0.05, 0.1) is 93.7 Å². The molecule has 4 atom stereocenters. The summed E-state index contributed by atoms with van der Waals surface area (Å²) < 4.78 is 17.2. The summed E-state index contributed by atoms with van der Waals surface area (Å²) in [5.41, 5.74) is 8.43. The molecule has 300 valence electrons. The number of methoxy groups -OCH3 is 2. The molecule has 14 heteroatoms. The van der Waals surface area contributed by atoms with Gasteiger partial charge in [0.1, 0.15) is 11.5 Å². The average molecular weight is 817 g/mol. The minimum Gasteiger partial charge on any atom is -0.497 e. The largest absolute Gasteiger partial charge is 0.497 e. The number of hydrogen-bond donors (Lipinski definition) is 4. The van der Waals surface area contributed by atoms with E-state index in [1.165, 1.54) is 11.1 Å². The molecule has 2 aliphatic carbocycles. The van der Waals surface area contributed by atoms with Gasteiger partial charge in [0.25, 0.3) is 0 Å². The van der Waals surface area contributed by atoms with Crippen LogP contribution in [0.4, 0.5) is 10.3 Å². The molecule has 2 fully saturated rings. The van der Waals surface area contributed by atoms with E-state index in [0.29, 0.717) is 0 Å². The average Bonchev–Trinajstić information content (AvgIpc) is 4.04. The second-order valence-corrected chi connectivity index (χ2v) is 17.4. The number of thiazole rings is 2. The lowest BCUT2D eigenvalue weighted by molar-refractivity contribution is 0.116. The van der Waals surface area contributed by atoms with Crippen molar-refractivity contribution in [2.75, 3.05) is 24.9 Å². The summed E-state index contributed by atoms with van der Waals surface area (Å²) >= 11 is 3.30. The highest BCUT2D eigenvalue weighted by molar-refractivity contribution is 7.22. The fourth-order valence-electron chi connectivity index (χ4n) is 8.11. The van der Waals surface area contributed by atoms with E-state index in [1.807, 2.05) is 49.1 Å². The lowest BCUT2D eigenvalue weighted by Gasteiger charge is -2.27. The number of fused-ring (bicyclic) bond motifs is 4. The molecule has 4 N–H and O–H groups in total. The van der Waals surface area contributed by atoms with Crippen LogP contribution in [0.3, 0.4) is 0 Å². The van der Waals surface area contributed by atoms with Crippen LogP contribution in [0.5, 0.6) is 11.5 Å². The van der Waals surface area contributed by atoms with E-state index in [1.54, 1.807) is 36.9 Å². The Bertz CT molecular complexity index is 2670. The number of nitrogens with one attached hydrogen (secondary N) is 2. The Balaban J connectivity index is 0.000000150. The monoisotopic (exact) mass is 816 g/mol. The second-order valence-electron chi connectivity index (χ2n) is 15.3. The first-order valence-corrected chi connectivity index (χ1v) is 21.7. The summed E-state index contributed by atoms with van der Waals surface area (Å²) in [5.74, 6) is 1.65.